The zero-order valence-electron chi connectivity index (χ0n) is 16.2. The van der Waals surface area contributed by atoms with E-state index in [2.05, 4.69) is 0 Å². The van der Waals surface area contributed by atoms with Crippen molar-refractivity contribution in [2.45, 2.75) is 87.3 Å². The molecule has 0 amide bonds. The van der Waals surface area contributed by atoms with E-state index < -0.39 is 80.7 Å². The van der Waals surface area contributed by atoms with Crippen LogP contribution in [0.4, 0.5) is 0 Å². The van der Waals surface area contributed by atoms with Crippen LogP contribution >= 0.6 is 0 Å². The summed E-state index contributed by atoms with van der Waals surface area (Å²) in [7, 11) is 0. The van der Waals surface area contributed by atoms with E-state index in [4.69, 9.17) is 24.7 Å². The third-order valence-electron chi connectivity index (χ3n) is 5.16. The first-order chi connectivity index (χ1) is 13.8. The lowest BCUT2D eigenvalue weighted by Crippen LogP contribution is -2.65. The van der Waals surface area contributed by atoms with Gasteiger partial charge in [0.1, 0.15) is 48.8 Å². The van der Waals surface area contributed by atoms with Crippen molar-refractivity contribution in [2.24, 2.45) is 5.73 Å². The minimum atomic E-state index is -1.71. The second-order valence-electron chi connectivity index (χ2n) is 7.29. The zero-order valence-corrected chi connectivity index (χ0v) is 16.2. The molecule has 2 aliphatic rings. The van der Waals surface area contributed by atoms with Gasteiger partial charge in [-0.3, -0.25) is 0 Å². The smallest absolute Gasteiger partial charge is 0.187 e. The van der Waals surface area contributed by atoms with Crippen molar-refractivity contribution in [3.05, 3.63) is 0 Å². The van der Waals surface area contributed by atoms with E-state index in [9.17, 15) is 35.7 Å². The standard InChI is InChI=1S/C17H33NO11/c1-2-3-7(4-18)26-17-15(13(24)11(22)9(6-20)28-17)29-16-14(25)12(23)10(21)8(5-19)27-16/h7-17,19-25H,2-6,18H2,1H3/t7-,8?,9?,10-,11+,12?,13?,14?,15+,16-,17-/m1/s1. The average molecular weight is 427 g/mol. The molecule has 0 aromatic carbocycles. The van der Waals surface area contributed by atoms with Crippen LogP contribution in [-0.2, 0) is 18.9 Å². The number of aliphatic hydroxyl groups is 7. The molecule has 5 unspecified atom stereocenters. The van der Waals surface area contributed by atoms with Gasteiger partial charge in [-0.25, -0.2) is 0 Å². The van der Waals surface area contributed by atoms with Crippen molar-refractivity contribution in [3.63, 3.8) is 0 Å². The second-order valence-corrected chi connectivity index (χ2v) is 7.29. The van der Waals surface area contributed by atoms with Crippen molar-refractivity contribution in [1.82, 2.24) is 0 Å². The van der Waals surface area contributed by atoms with Gasteiger partial charge in [0.2, 0.25) is 0 Å². The Morgan fingerprint density at radius 3 is 1.90 bits per heavy atom. The molecule has 0 bridgehead atoms. The minimum Gasteiger partial charge on any atom is -0.394 e. The molecule has 12 heteroatoms. The van der Waals surface area contributed by atoms with Gasteiger partial charge >= 0.3 is 0 Å². The Balaban J connectivity index is 2.20. The second kappa shape index (κ2) is 11.2. The van der Waals surface area contributed by atoms with E-state index >= 15 is 0 Å². The van der Waals surface area contributed by atoms with Gasteiger partial charge in [-0.2, -0.15) is 0 Å². The van der Waals surface area contributed by atoms with E-state index in [1.54, 1.807) is 0 Å². The summed E-state index contributed by atoms with van der Waals surface area (Å²) in [5.41, 5.74) is 5.69. The van der Waals surface area contributed by atoms with Crippen LogP contribution in [0.3, 0.4) is 0 Å². The molecule has 12 nitrogen and oxygen atoms in total. The molecule has 0 radical (unpaired) electrons. The summed E-state index contributed by atoms with van der Waals surface area (Å²) in [5.74, 6) is 0. The maximum atomic E-state index is 10.5. The highest BCUT2D eigenvalue weighted by Gasteiger charge is 2.51. The number of aliphatic hydroxyl groups excluding tert-OH is 7. The van der Waals surface area contributed by atoms with Gasteiger partial charge in [0.15, 0.2) is 12.6 Å². The Hall–Kier alpha value is -0.480. The predicted octanol–water partition coefficient (Wildman–Crippen LogP) is -4.25. The molecule has 9 N–H and O–H groups in total. The van der Waals surface area contributed by atoms with Crippen LogP contribution in [0.25, 0.3) is 0 Å². The third-order valence-corrected chi connectivity index (χ3v) is 5.16. The molecule has 2 aliphatic heterocycles. The summed E-state index contributed by atoms with van der Waals surface area (Å²) < 4.78 is 22.2. The van der Waals surface area contributed by atoms with Gasteiger partial charge in [0.05, 0.1) is 19.3 Å². The van der Waals surface area contributed by atoms with Crippen LogP contribution < -0.4 is 5.73 Å². The first kappa shape index (κ1) is 24.8. The predicted molar refractivity (Wildman–Crippen MR) is 95.2 cm³/mol. The molecule has 2 saturated heterocycles. The first-order valence-corrected chi connectivity index (χ1v) is 9.72. The quantitative estimate of drug-likeness (QED) is 0.176. The summed E-state index contributed by atoms with van der Waals surface area (Å²) in [5, 5.41) is 69.4. The fourth-order valence-electron chi connectivity index (χ4n) is 3.40. The molecule has 0 aromatic rings. The van der Waals surface area contributed by atoms with E-state index in [1.165, 1.54) is 0 Å². The number of nitrogens with two attached hydrogens (primary N) is 1. The summed E-state index contributed by atoms with van der Waals surface area (Å²) in [6.07, 6.45) is -13.8. The normalized spacial score (nSPS) is 44.6. The van der Waals surface area contributed by atoms with Gasteiger partial charge in [0, 0.05) is 6.54 Å². The minimum absolute atomic E-state index is 0.142. The summed E-state index contributed by atoms with van der Waals surface area (Å²) in [6.45, 7) is 0.815. The van der Waals surface area contributed by atoms with Gasteiger partial charge in [-0.05, 0) is 6.42 Å². The van der Waals surface area contributed by atoms with Crippen LogP contribution in [0.1, 0.15) is 19.8 Å². The molecule has 2 rings (SSSR count). The average Bonchev–Trinajstić information content (AvgIpc) is 2.72. The van der Waals surface area contributed by atoms with E-state index in [0.29, 0.717) is 6.42 Å². The van der Waals surface area contributed by atoms with E-state index in [0.717, 1.165) is 6.42 Å². The van der Waals surface area contributed by atoms with E-state index in [1.807, 2.05) is 6.92 Å². The topological polar surface area (TPSA) is 205 Å². The van der Waals surface area contributed by atoms with Crippen molar-refractivity contribution >= 4 is 0 Å². The fraction of sp³-hybridized carbons (Fsp3) is 1.00. The molecule has 29 heavy (non-hydrogen) atoms. The Morgan fingerprint density at radius 2 is 1.38 bits per heavy atom. The van der Waals surface area contributed by atoms with Gasteiger partial charge in [0.25, 0.3) is 0 Å². The number of ether oxygens (including phenoxy) is 4. The van der Waals surface area contributed by atoms with Crippen molar-refractivity contribution in [2.75, 3.05) is 19.8 Å². The fourth-order valence-corrected chi connectivity index (χ4v) is 3.40. The molecule has 2 fully saturated rings. The molecule has 0 spiro atoms. The summed E-state index contributed by atoms with van der Waals surface area (Å²) >= 11 is 0. The molecule has 0 aromatic heterocycles. The lowest BCUT2D eigenvalue weighted by molar-refractivity contribution is -0.371. The highest BCUT2D eigenvalue weighted by Crippen LogP contribution is 2.30. The number of hydrogen-bond donors (Lipinski definition) is 8. The molecule has 2 heterocycles. The van der Waals surface area contributed by atoms with Crippen LogP contribution in [0, 0.1) is 0 Å². The van der Waals surface area contributed by atoms with Crippen molar-refractivity contribution < 1.29 is 54.7 Å². The number of rotatable bonds is 9. The van der Waals surface area contributed by atoms with Crippen molar-refractivity contribution in [1.29, 1.82) is 0 Å². The highest BCUT2D eigenvalue weighted by atomic mass is 16.8. The lowest BCUT2D eigenvalue weighted by atomic mass is 9.97. The monoisotopic (exact) mass is 427 g/mol. The Labute approximate surface area is 168 Å². The van der Waals surface area contributed by atoms with Gasteiger partial charge in [-0.15, -0.1) is 0 Å². The molecule has 0 saturated carbocycles. The SMILES string of the molecule is CCC[C@H](CN)O[C@@H]1OC(CO)[C@H](O)C(O)[C@@H]1O[C@H]1OC(CO)[C@@H](O)C(O)C1O. The molecular formula is C17H33NO11. The van der Waals surface area contributed by atoms with E-state index in [-0.39, 0.29) is 6.54 Å². The van der Waals surface area contributed by atoms with Crippen LogP contribution in [-0.4, -0.2) is 123 Å². The summed E-state index contributed by atoms with van der Waals surface area (Å²) in [6, 6.07) is 0. The molecule has 172 valence electrons. The Kier molecular flexibility index (Phi) is 9.60. The molecule has 0 aliphatic carbocycles. The lowest BCUT2D eigenvalue weighted by Gasteiger charge is -2.46. The molecular weight excluding hydrogens is 394 g/mol. The van der Waals surface area contributed by atoms with Crippen LogP contribution in [0.5, 0.6) is 0 Å². The zero-order chi connectivity index (χ0) is 21.7. The highest BCUT2D eigenvalue weighted by molar-refractivity contribution is 4.94. The first-order valence-electron chi connectivity index (χ1n) is 9.72. The third kappa shape index (κ3) is 5.61. The number of hydrogen-bond acceptors (Lipinski definition) is 12. The van der Waals surface area contributed by atoms with Crippen molar-refractivity contribution in [3.8, 4) is 0 Å². The van der Waals surface area contributed by atoms with Crippen LogP contribution in [0.15, 0.2) is 0 Å². The maximum Gasteiger partial charge on any atom is 0.187 e. The van der Waals surface area contributed by atoms with Gasteiger partial charge < -0.3 is 60.4 Å². The van der Waals surface area contributed by atoms with Crippen LogP contribution in [0.2, 0.25) is 0 Å². The van der Waals surface area contributed by atoms with Gasteiger partial charge in [-0.1, -0.05) is 13.3 Å². The summed E-state index contributed by atoms with van der Waals surface area (Å²) in [4.78, 5) is 0. The maximum absolute atomic E-state index is 10.5. The molecule has 11 atom stereocenters. The Bertz CT molecular complexity index is 484. The largest absolute Gasteiger partial charge is 0.394 e. The Morgan fingerprint density at radius 1 is 0.828 bits per heavy atom.